The van der Waals surface area contributed by atoms with Crippen LogP contribution in [0.2, 0.25) is 0 Å². The number of hydrogen-bond donors (Lipinski definition) is 2. The van der Waals surface area contributed by atoms with Gasteiger partial charge in [-0.1, -0.05) is 74.5 Å². The van der Waals surface area contributed by atoms with Gasteiger partial charge in [0.05, 0.1) is 16.9 Å². The lowest BCUT2D eigenvalue weighted by Gasteiger charge is -2.27. The lowest BCUT2D eigenvalue weighted by atomic mass is 10.0. The van der Waals surface area contributed by atoms with Crippen molar-refractivity contribution in [1.82, 2.24) is 25.6 Å². The molecule has 3 aromatic carbocycles. The molecule has 8 heteroatoms. The highest BCUT2D eigenvalue weighted by Crippen LogP contribution is 2.34. The molecule has 2 heterocycles. The van der Waals surface area contributed by atoms with E-state index in [-0.39, 0.29) is 0 Å². The molecule has 5 aromatic rings. The maximum atomic E-state index is 9.77. The van der Waals surface area contributed by atoms with Gasteiger partial charge in [-0.25, -0.2) is 4.98 Å². The first-order valence-corrected chi connectivity index (χ1v) is 12.9. The van der Waals surface area contributed by atoms with Gasteiger partial charge in [-0.05, 0) is 47.4 Å². The van der Waals surface area contributed by atoms with Crippen molar-refractivity contribution in [2.75, 3.05) is 16.8 Å². The second-order valence-electron chi connectivity index (χ2n) is 9.93. The van der Waals surface area contributed by atoms with Crippen molar-refractivity contribution in [1.29, 1.82) is 5.26 Å². The molecule has 0 spiro atoms. The fraction of sp³-hybridized carbons (Fsp3) is 0.194. The summed E-state index contributed by atoms with van der Waals surface area (Å²) >= 11 is 0. The first-order valence-electron chi connectivity index (χ1n) is 12.9. The van der Waals surface area contributed by atoms with E-state index in [4.69, 9.17) is 4.98 Å². The van der Waals surface area contributed by atoms with Crippen LogP contribution in [0.15, 0.2) is 84.9 Å². The van der Waals surface area contributed by atoms with Crippen LogP contribution < -0.4 is 10.2 Å². The molecule has 0 bridgehead atoms. The van der Waals surface area contributed by atoms with E-state index in [2.05, 4.69) is 75.0 Å². The summed E-state index contributed by atoms with van der Waals surface area (Å²) in [5.41, 5.74) is 6.89. The number of tetrazole rings is 1. The van der Waals surface area contributed by atoms with E-state index in [1.165, 1.54) is 5.56 Å². The summed E-state index contributed by atoms with van der Waals surface area (Å²) in [5.74, 6) is 1.76. The molecule has 0 aliphatic carbocycles. The standard InChI is InChI=1S/C31H30N8/c1-21(2)19-39(20-23-9-5-4-6-10-23)30-17-25(33-28-14-13-22(3)15-24(28)18-32)16-29(34-30)26-11-7-8-12-27(26)31-35-37-38-36-31/h4-17,21H,19-20H2,1-3H3,(H,33,34)(H,35,36,37,38). The van der Waals surface area contributed by atoms with Gasteiger partial charge in [0.1, 0.15) is 11.9 Å². The Morgan fingerprint density at radius 1 is 0.949 bits per heavy atom. The molecule has 2 N–H and O–H groups in total. The second-order valence-corrected chi connectivity index (χ2v) is 9.93. The molecule has 0 saturated heterocycles. The topological polar surface area (TPSA) is 106 Å². The Kier molecular flexibility index (Phi) is 7.60. The lowest BCUT2D eigenvalue weighted by Crippen LogP contribution is -2.28. The second kappa shape index (κ2) is 11.6. The van der Waals surface area contributed by atoms with Gasteiger partial charge in [-0.3, -0.25) is 0 Å². The van der Waals surface area contributed by atoms with Crippen molar-refractivity contribution < 1.29 is 0 Å². The predicted octanol–water partition coefficient (Wildman–Crippen LogP) is 6.52. The number of nitriles is 1. The number of aryl methyl sites for hydroxylation is 1. The van der Waals surface area contributed by atoms with E-state index in [9.17, 15) is 5.26 Å². The Bertz CT molecular complexity index is 1590. The molecule has 0 aliphatic rings. The third kappa shape index (κ3) is 6.11. The number of benzene rings is 3. The molecule has 8 nitrogen and oxygen atoms in total. The molecule has 39 heavy (non-hydrogen) atoms. The molecule has 194 valence electrons. The largest absolute Gasteiger partial charge is 0.354 e. The Balaban J connectivity index is 1.65. The molecular formula is C31H30N8. The van der Waals surface area contributed by atoms with Gasteiger partial charge in [0.2, 0.25) is 5.82 Å². The molecule has 0 aliphatic heterocycles. The third-order valence-electron chi connectivity index (χ3n) is 6.30. The number of hydrogen-bond acceptors (Lipinski definition) is 7. The van der Waals surface area contributed by atoms with Crippen molar-refractivity contribution in [3.8, 4) is 28.7 Å². The third-order valence-corrected chi connectivity index (χ3v) is 6.30. The lowest BCUT2D eigenvalue weighted by molar-refractivity contribution is 0.605. The summed E-state index contributed by atoms with van der Waals surface area (Å²) in [6, 6.07) is 30.5. The van der Waals surface area contributed by atoms with E-state index < -0.39 is 0 Å². The van der Waals surface area contributed by atoms with Crippen LogP contribution in [0, 0.1) is 24.2 Å². The minimum absolute atomic E-state index is 0.421. The highest BCUT2D eigenvalue weighted by molar-refractivity contribution is 5.82. The van der Waals surface area contributed by atoms with Gasteiger partial charge in [-0.2, -0.15) is 10.5 Å². The van der Waals surface area contributed by atoms with E-state index in [1.807, 2.05) is 67.6 Å². The van der Waals surface area contributed by atoms with Crippen LogP contribution in [0.4, 0.5) is 17.2 Å². The first kappa shape index (κ1) is 25.6. The number of aromatic nitrogens is 5. The summed E-state index contributed by atoms with van der Waals surface area (Å²) in [6.45, 7) is 7.94. The van der Waals surface area contributed by atoms with Gasteiger partial charge in [0.15, 0.2) is 0 Å². The Hall–Kier alpha value is -5.03. The molecule has 0 unspecified atom stereocenters. The van der Waals surface area contributed by atoms with Crippen LogP contribution in [0.1, 0.15) is 30.5 Å². The number of anilines is 3. The van der Waals surface area contributed by atoms with Gasteiger partial charge in [-0.15, -0.1) is 10.2 Å². The maximum Gasteiger partial charge on any atom is 0.205 e. The van der Waals surface area contributed by atoms with E-state index in [1.54, 1.807) is 0 Å². The normalized spacial score (nSPS) is 10.8. The van der Waals surface area contributed by atoms with E-state index >= 15 is 0 Å². The molecule has 0 saturated carbocycles. The highest BCUT2D eigenvalue weighted by Gasteiger charge is 2.18. The van der Waals surface area contributed by atoms with Gasteiger partial charge in [0, 0.05) is 36.0 Å². The molecule has 5 rings (SSSR count). The summed E-state index contributed by atoms with van der Waals surface area (Å²) in [4.78, 5) is 7.45. The van der Waals surface area contributed by atoms with Crippen molar-refractivity contribution in [3.63, 3.8) is 0 Å². The SMILES string of the molecule is Cc1ccc(Nc2cc(-c3ccccc3-c3nn[nH]n3)nc(N(Cc3ccccc3)CC(C)C)c2)c(C#N)c1. The van der Waals surface area contributed by atoms with Crippen molar-refractivity contribution in [2.45, 2.75) is 27.3 Å². The average Bonchev–Trinajstić information content (AvgIpc) is 3.49. The Morgan fingerprint density at radius 2 is 1.72 bits per heavy atom. The summed E-state index contributed by atoms with van der Waals surface area (Å²) < 4.78 is 0. The van der Waals surface area contributed by atoms with Crippen molar-refractivity contribution in [3.05, 3.63) is 102 Å². The minimum atomic E-state index is 0.421. The molecule has 0 fully saturated rings. The van der Waals surface area contributed by atoms with Gasteiger partial charge in [0.25, 0.3) is 0 Å². The summed E-state index contributed by atoms with van der Waals surface area (Å²) in [7, 11) is 0. The zero-order chi connectivity index (χ0) is 27.2. The number of aromatic amines is 1. The van der Waals surface area contributed by atoms with E-state index in [0.717, 1.165) is 52.7 Å². The highest BCUT2D eigenvalue weighted by atomic mass is 15.5. The smallest absolute Gasteiger partial charge is 0.205 e. The van der Waals surface area contributed by atoms with Gasteiger partial charge >= 0.3 is 0 Å². The van der Waals surface area contributed by atoms with Crippen LogP contribution in [0.3, 0.4) is 0 Å². The fourth-order valence-corrected chi connectivity index (χ4v) is 4.56. The number of H-pyrrole nitrogens is 1. The molecule has 2 aromatic heterocycles. The fourth-order valence-electron chi connectivity index (χ4n) is 4.56. The monoisotopic (exact) mass is 514 g/mol. The predicted molar refractivity (Wildman–Crippen MR) is 154 cm³/mol. The molecule has 0 amide bonds. The zero-order valence-corrected chi connectivity index (χ0v) is 22.3. The Labute approximate surface area is 228 Å². The van der Waals surface area contributed by atoms with Crippen molar-refractivity contribution in [2.24, 2.45) is 5.92 Å². The maximum absolute atomic E-state index is 9.77. The minimum Gasteiger partial charge on any atom is -0.354 e. The molecular weight excluding hydrogens is 484 g/mol. The number of rotatable bonds is 9. The quantitative estimate of drug-likeness (QED) is 0.231. The number of pyridine rings is 1. The molecule has 0 radical (unpaired) electrons. The van der Waals surface area contributed by atoms with E-state index in [0.29, 0.717) is 17.3 Å². The zero-order valence-electron chi connectivity index (χ0n) is 22.3. The van der Waals surface area contributed by atoms with Crippen LogP contribution >= 0.6 is 0 Å². The average molecular weight is 515 g/mol. The number of nitrogens with one attached hydrogen (secondary N) is 2. The summed E-state index contributed by atoms with van der Waals surface area (Å²) in [6.07, 6.45) is 0. The van der Waals surface area contributed by atoms with Crippen LogP contribution in [-0.2, 0) is 6.54 Å². The number of nitrogens with zero attached hydrogens (tertiary/aromatic N) is 6. The Morgan fingerprint density at radius 3 is 2.44 bits per heavy atom. The summed E-state index contributed by atoms with van der Waals surface area (Å²) in [5, 5.41) is 28.0. The van der Waals surface area contributed by atoms with Crippen LogP contribution in [0.25, 0.3) is 22.6 Å². The van der Waals surface area contributed by atoms with Crippen LogP contribution in [-0.4, -0.2) is 32.2 Å². The first-order chi connectivity index (χ1) is 19.0. The van der Waals surface area contributed by atoms with Crippen LogP contribution in [0.5, 0.6) is 0 Å². The molecule has 0 atom stereocenters. The van der Waals surface area contributed by atoms with Crippen molar-refractivity contribution >= 4 is 17.2 Å². The van der Waals surface area contributed by atoms with Gasteiger partial charge < -0.3 is 10.2 Å².